The van der Waals surface area contributed by atoms with Crippen LogP contribution in [0.4, 0.5) is 0 Å². The number of fused-ring (bicyclic) bond motifs is 4. The number of halogens is 4. The molecule has 3 fully saturated rings. The number of carbonyl (C=O) groups is 3. The van der Waals surface area contributed by atoms with E-state index in [1.807, 2.05) is 36.4 Å². The molecule has 0 aromatic heterocycles. The van der Waals surface area contributed by atoms with Crippen molar-refractivity contribution in [2.75, 3.05) is 6.54 Å². The number of hydrogen-bond acceptors (Lipinski definition) is 5. The van der Waals surface area contributed by atoms with Crippen LogP contribution in [0.5, 0.6) is 11.5 Å². The summed E-state index contributed by atoms with van der Waals surface area (Å²) < 4.78 is 5.98. The summed E-state index contributed by atoms with van der Waals surface area (Å²) in [6, 6.07) is 26.8. The van der Waals surface area contributed by atoms with Crippen molar-refractivity contribution < 1.29 is 19.1 Å². The fourth-order valence-corrected chi connectivity index (χ4v) is 9.28. The van der Waals surface area contributed by atoms with Gasteiger partial charge in [-0.15, -0.1) is 0 Å². The van der Waals surface area contributed by atoms with Crippen LogP contribution in [0.2, 0.25) is 20.1 Å². The van der Waals surface area contributed by atoms with Gasteiger partial charge < -0.3 is 21.1 Å². The molecule has 3 atom stereocenters. The summed E-state index contributed by atoms with van der Waals surface area (Å²) in [5.74, 6) is -0.288. The molecule has 4 aromatic carbocycles. The highest BCUT2D eigenvalue weighted by molar-refractivity contribution is 6.31. The second-order valence-corrected chi connectivity index (χ2v) is 16.4. The Morgan fingerprint density at radius 2 is 1.26 bits per heavy atom. The average Bonchev–Trinajstić information content (AvgIpc) is 3.74. The maximum Gasteiger partial charge on any atom is 0.239 e. The van der Waals surface area contributed by atoms with Crippen LogP contribution < -0.4 is 21.1 Å². The van der Waals surface area contributed by atoms with E-state index in [1.165, 1.54) is 5.56 Å². The van der Waals surface area contributed by atoms with Gasteiger partial charge in [0, 0.05) is 55.9 Å². The molecule has 0 radical (unpaired) electrons. The van der Waals surface area contributed by atoms with Crippen molar-refractivity contribution in [3.8, 4) is 11.5 Å². The van der Waals surface area contributed by atoms with E-state index < -0.39 is 11.3 Å². The number of piperidine rings is 1. The standard InChI is InChI=1S/C30H28Cl3N3O3.C12H14ClNO/c31-18-3-1-17(2-4-18)16-36-22-7-8-23(36)14-21(13-22)35-28(37)15-34-30(38)29-24-11-19(32)5-9-26(24)39-27-10-6-20(33)12-25(27)29;13-10-5-3-9(4-6-10)12(11(14)15)7-1-2-8-12/h1-6,9-12,21-23,29H,7-8,13-16H2,(H,34,38)(H,35,37);3-6H,1-2,7-8H2,(H2,14,15)/t21-,22+,23-;. The molecule has 3 amide bonds. The van der Waals surface area contributed by atoms with Gasteiger partial charge in [0.15, 0.2) is 0 Å². The fourth-order valence-electron chi connectivity index (χ4n) is 8.67. The minimum absolute atomic E-state index is 0.0931. The van der Waals surface area contributed by atoms with Crippen molar-refractivity contribution in [3.63, 3.8) is 0 Å². The molecule has 54 heavy (non-hydrogen) atoms. The lowest BCUT2D eigenvalue weighted by Crippen LogP contribution is -2.51. The van der Waals surface area contributed by atoms with Crippen LogP contribution in [0.15, 0.2) is 84.9 Å². The van der Waals surface area contributed by atoms with Gasteiger partial charge in [-0.25, -0.2) is 0 Å². The predicted octanol–water partition coefficient (Wildman–Crippen LogP) is 8.95. The first-order chi connectivity index (χ1) is 26.0. The molecule has 282 valence electrons. The first-order valence-electron chi connectivity index (χ1n) is 18.4. The molecule has 4 aromatic rings. The third-order valence-electron chi connectivity index (χ3n) is 11.3. The molecule has 1 saturated carbocycles. The zero-order valence-corrected chi connectivity index (χ0v) is 32.7. The second-order valence-electron chi connectivity index (χ2n) is 14.7. The first kappa shape index (κ1) is 38.5. The van der Waals surface area contributed by atoms with Crippen molar-refractivity contribution >= 4 is 64.1 Å². The lowest BCUT2D eigenvalue weighted by Gasteiger charge is -2.39. The van der Waals surface area contributed by atoms with E-state index in [-0.39, 0.29) is 30.3 Å². The molecule has 0 spiro atoms. The van der Waals surface area contributed by atoms with Crippen LogP contribution in [-0.4, -0.2) is 47.3 Å². The average molecular weight is 809 g/mol. The zero-order chi connectivity index (χ0) is 38.0. The van der Waals surface area contributed by atoms with E-state index in [2.05, 4.69) is 27.7 Å². The SMILES string of the molecule is NC(=O)C1(c2ccc(Cl)cc2)CCCC1.O=C(CNC(=O)C1c2cc(Cl)ccc2Oc2ccc(Cl)cc21)N[C@H]1C[C@H]2CC[C@@H](C1)N2Cc1ccc(Cl)cc1. The lowest BCUT2D eigenvalue weighted by atomic mass is 9.78. The van der Waals surface area contributed by atoms with Crippen molar-refractivity contribution in [3.05, 3.63) is 127 Å². The number of nitrogens with one attached hydrogen (secondary N) is 2. The number of primary amides is 1. The highest BCUT2D eigenvalue weighted by Crippen LogP contribution is 2.46. The Bertz CT molecular complexity index is 1950. The number of hydrogen-bond donors (Lipinski definition) is 3. The van der Waals surface area contributed by atoms with Gasteiger partial charge in [0.05, 0.1) is 17.9 Å². The number of nitrogens with two attached hydrogens (primary N) is 1. The Morgan fingerprint density at radius 3 is 1.80 bits per heavy atom. The number of nitrogens with zero attached hydrogens (tertiary/aromatic N) is 1. The van der Waals surface area contributed by atoms with Crippen molar-refractivity contribution in [1.29, 1.82) is 0 Å². The molecule has 4 N–H and O–H groups in total. The topological polar surface area (TPSA) is 114 Å². The summed E-state index contributed by atoms with van der Waals surface area (Å²) in [6.07, 6.45) is 7.96. The normalized spacial score (nSPS) is 21.1. The van der Waals surface area contributed by atoms with Crippen LogP contribution in [0.1, 0.15) is 79.5 Å². The molecule has 8 nitrogen and oxygen atoms in total. The van der Waals surface area contributed by atoms with Crippen LogP contribution in [0.25, 0.3) is 0 Å². The summed E-state index contributed by atoms with van der Waals surface area (Å²) in [5, 5.41) is 8.42. The number of benzene rings is 4. The van der Waals surface area contributed by atoms with Gasteiger partial charge in [0.1, 0.15) is 11.5 Å². The summed E-state index contributed by atoms with van der Waals surface area (Å²) in [7, 11) is 0. The zero-order valence-electron chi connectivity index (χ0n) is 29.6. The maximum absolute atomic E-state index is 13.4. The molecule has 2 saturated heterocycles. The Hall–Kier alpha value is -3.79. The van der Waals surface area contributed by atoms with E-state index in [0.29, 0.717) is 49.8 Å². The van der Waals surface area contributed by atoms with Crippen molar-refractivity contribution in [1.82, 2.24) is 15.5 Å². The van der Waals surface area contributed by atoms with E-state index >= 15 is 0 Å². The van der Waals surface area contributed by atoms with E-state index in [4.69, 9.17) is 56.9 Å². The number of amides is 3. The van der Waals surface area contributed by atoms with Gasteiger partial charge in [-0.2, -0.15) is 0 Å². The summed E-state index contributed by atoms with van der Waals surface area (Å²) >= 11 is 24.4. The Labute approximate surface area is 335 Å². The van der Waals surface area contributed by atoms with E-state index in [1.54, 1.807) is 36.4 Å². The number of carbonyl (C=O) groups excluding carboxylic acids is 3. The molecule has 1 aliphatic carbocycles. The largest absolute Gasteiger partial charge is 0.457 e. The maximum atomic E-state index is 13.4. The summed E-state index contributed by atoms with van der Waals surface area (Å²) in [5.41, 5.74) is 8.63. The molecule has 12 heteroatoms. The molecule has 8 rings (SSSR count). The highest BCUT2D eigenvalue weighted by Gasteiger charge is 2.42. The fraction of sp³-hybridized carbons (Fsp3) is 0.357. The molecular formula is C42H42Cl4N4O4. The lowest BCUT2D eigenvalue weighted by molar-refractivity contribution is -0.127. The van der Waals surface area contributed by atoms with Gasteiger partial charge in [-0.3, -0.25) is 19.3 Å². The first-order valence-corrected chi connectivity index (χ1v) is 19.9. The number of ether oxygens (including phenoxy) is 1. The van der Waals surface area contributed by atoms with Gasteiger partial charge >= 0.3 is 0 Å². The van der Waals surface area contributed by atoms with E-state index in [9.17, 15) is 14.4 Å². The molecule has 3 heterocycles. The third kappa shape index (κ3) is 8.38. The smallest absolute Gasteiger partial charge is 0.239 e. The molecule has 3 aliphatic heterocycles. The third-order valence-corrected chi connectivity index (χ3v) is 12.3. The molecule has 2 bridgehead atoms. The van der Waals surface area contributed by atoms with Gasteiger partial charge in [-0.05, 0) is 110 Å². The van der Waals surface area contributed by atoms with Gasteiger partial charge in [0.25, 0.3) is 0 Å². The van der Waals surface area contributed by atoms with E-state index in [0.717, 1.165) is 68.5 Å². The number of rotatable bonds is 8. The van der Waals surface area contributed by atoms with Crippen LogP contribution >= 0.6 is 46.4 Å². The van der Waals surface area contributed by atoms with Gasteiger partial charge in [-0.1, -0.05) is 83.5 Å². The van der Waals surface area contributed by atoms with Crippen molar-refractivity contribution in [2.45, 2.75) is 87.4 Å². The molecule has 4 aliphatic rings. The Kier molecular flexibility index (Phi) is 11.8. The predicted molar refractivity (Wildman–Crippen MR) is 214 cm³/mol. The Morgan fingerprint density at radius 1 is 0.741 bits per heavy atom. The minimum atomic E-state index is -0.694. The second kappa shape index (κ2) is 16.5. The summed E-state index contributed by atoms with van der Waals surface area (Å²) in [6.45, 7) is 0.785. The monoisotopic (exact) mass is 806 g/mol. The van der Waals surface area contributed by atoms with Crippen LogP contribution in [-0.2, 0) is 26.3 Å². The summed E-state index contributed by atoms with van der Waals surface area (Å²) in [4.78, 5) is 40.5. The van der Waals surface area contributed by atoms with Gasteiger partial charge in [0.2, 0.25) is 17.7 Å². The molecular weight excluding hydrogens is 766 g/mol. The highest BCUT2D eigenvalue weighted by atomic mass is 35.5. The molecule has 0 unspecified atom stereocenters. The Balaban J connectivity index is 0.000000251. The van der Waals surface area contributed by atoms with Crippen LogP contribution in [0, 0.1) is 0 Å². The quantitative estimate of drug-likeness (QED) is 0.165. The van der Waals surface area contributed by atoms with Crippen LogP contribution in [0.3, 0.4) is 0 Å². The minimum Gasteiger partial charge on any atom is -0.457 e. The van der Waals surface area contributed by atoms with Crippen molar-refractivity contribution in [2.24, 2.45) is 5.73 Å².